The molecule has 3 atom stereocenters. The van der Waals surface area contributed by atoms with Crippen molar-refractivity contribution in [2.24, 2.45) is 0 Å². The highest BCUT2D eigenvalue weighted by molar-refractivity contribution is 7.90. The van der Waals surface area contributed by atoms with E-state index in [1.807, 2.05) is 20.8 Å². The van der Waals surface area contributed by atoms with Gasteiger partial charge in [-0.15, -0.1) is 4.72 Å². The molecule has 1 aliphatic rings. The molecule has 4 nitrogen and oxygen atoms in total. The summed E-state index contributed by atoms with van der Waals surface area (Å²) in [4.78, 5) is 0. The van der Waals surface area contributed by atoms with E-state index >= 15 is 0 Å². The lowest BCUT2D eigenvalue weighted by Crippen LogP contribution is -2.40. The van der Waals surface area contributed by atoms with Crippen LogP contribution in [-0.2, 0) is 16.1 Å². The summed E-state index contributed by atoms with van der Waals surface area (Å²) in [5.41, 5.74) is 0.453. The third kappa shape index (κ3) is 4.59. The first-order chi connectivity index (χ1) is 10.3. The molecule has 2 rings (SSSR count). The zero-order chi connectivity index (χ0) is 16.3. The summed E-state index contributed by atoms with van der Waals surface area (Å²) in [6.45, 7) is 8.68. The van der Waals surface area contributed by atoms with Crippen LogP contribution in [0.2, 0.25) is 0 Å². The van der Waals surface area contributed by atoms with Gasteiger partial charge in [0.15, 0.2) is 0 Å². The van der Waals surface area contributed by atoms with Crippen LogP contribution in [0.4, 0.5) is 4.39 Å². The lowest BCUT2D eigenvalue weighted by Gasteiger charge is -2.27. The SMILES string of the molecule is C[C@H](N[S@+]([O-])C(C)(C)C)c1cc(O[C@H]2CCOC2)ccc1F. The Bertz CT molecular complexity index is 501. The summed E-state index contributed by atoms with van der Waals surface area (Å²) in [5.74, 6) is 0.281. The second kappa shape index (κ2) is 7.17. The fourth-order valence-electron chi connectivity index (χ4n) is 2.13. The normalized spacial score (nSPS) is 21.6. The summed E-state index contributed by atoms with van der Waals surface area (Å²) in [5, 5.41) is 0. The number of nitrogens with one attached hydrogen (secondary N) is 1. The molecule has 0 unspecified atom stereocenters. The van der Waals surface area contributed by atoms with Gasteiger partial charge in [0.25, 0.3) is 0 Å². The second-order valence-electron chi connectivity index (χ2n) is 6.51. The highest BCUT2D eigenvalue weighted by Gasteiger charge is 2.29. The molecule has 1 fully saturated rings. The molecular weight excluding hydrogens is 305 g/mol. The number of halogens is 1. The maximum atomic E-state index is 14.1. The van der Waals surface area contributed by atoms with Gasteiger partial charge in [-0.1, -0.05) is 0 Å². The van der Waals surface area contributed by atoms with Gasteiger partial charge in [-0.3, -0.25) is 0 Å². The molecule has 1 saturated heterocycles. The minimum atomic E-state index is -1.26. The van der Waals surface area contributed by atoms with Gasteiger partial charge in [-0.05, 0) is 45.9 Å². The molecule has 124 valence electrons. The van der Waals surface area contributed by atoms with Gasteiger partial charge in [0, 0.05) is 23.3 Å². The molecule has 0 radical (unpaired) electrons. The Morgan fingerprint density at radius 1 is 1.45 bits per heavy atom. The molecule has 0 amide bonds. The van der Waals surface area contributed by atoms with Crippen LogP contribution in [-0.4, -0.2) is 28.6 Å². The average Bonchev–Trinajstić information content (AvgIpc) is 2.92. The lowest BCUT2D eigenvalue weighted by molar-refractivity contribution is 0.141. The fraction of sp³-hybridized carbons (Fsp3) is 0.625. The molecule has 0 saturated carbocycles. The van der Waals surface area contributed by atoms with Crippen molar-refractivity contribution in [3.8, 4) is 5.75 Å². The lowest BCUT2D eigenvalue weighted by atomic mass is 10.1. The third-order valence-corrected chi connectivity index (χ3v) is 5.14. The van der Waals surface area contributed by atoms with Gasteiger partial charge < -0.3 is 14.0 Å². The van der Waals surface area contributed by atoms with Crippen molar-refractivity contribution < 1.29 is 18.4 Å². The quantitative estimate of drug-likeness (QED) is 0.844. The number of rotatable bonds is 5. The van der Waals surface area contributed by atoms with Crippen LogP contribution < -0.4 is 9.46 Å². The second-order valence-corrected chi connectivity index (χ2v) is 8.51. The molecule has 0 aromatic heterocycles. The van der Waals surface area contributed by atoms with E-state index < -0.39 is 16.1 Å². The Balaban J connectivity index is 2.08. The summed E-state index contributed by atoms with van der Waals surface area (Å²) >= 11 is -1.26. The zero-order valence-corrected chi connectivity index (χ0v) is 14.3. The maximum Gasteiger partial charge on any atom is 0.136 e. The summed E-state index contributed by atoms with van der Waals surface area (Å²) in [7, 11) is 0. The summed E-state index contributed by atoms with van der Waals surface area (Å²) in [6.07, 6.45) is 0.861. The molecule has 1 aromatic rings. The van der Waals surface area contributed by atoms with Gasteiger partial charge in [0.05, 0.1) is 19.3 Å². The zero-order valence-electron chi connectivity index (χ0n) is 13.5. The van der Waals surface area contributed by atoms with E-state index in [1.54, 1.807) is 19.1 Å². The van der Waals surface area contributed by atoms with Crippen molar-refractivity contribution in [2.75, 3.05) is 13.2 Å². The topological polar surface area (TPSA) is 53.5 Å². The van der Waals surface area contributed by atoms with Gasteiger partial charge in [0.2, 0.25) is 0 Å². The number of hydrogen-bond acceptors (Lipinski definition) is 4. The Labute approximate surface area is 134 Å². The standard InChI is InChI=1S/C16H24FNO3S/c1-11(18-22(19)16(2,3)4)14-9-12(5-6-15(14)17)21-13-7-8-20-10-13/h5-6,9,11,13,18H,7-8,10H2,1-4H3/t11-,13-,22+/m0/s1. The molecular formula is C16H24FNO3S. The Kier molecular flexibility index (Phi) is 5.71. The average molecular weight is 329 g/mol. The van der Waals surface area contributed by atoms with Gasteiger partial charge >= 0.3 is 0 Å². The minimum absolute atomic E-state index is 0.0188. The van der Waals surface area contributed by atoms with Crippen molar-refractivity contribution in [3.63, 3.8) is 0 Å². The van der Waals surface area contributed by atoms with Crippen molar-refractivity contribution in [1.82, 2.24) is 4.72 Å². The van der Waals surface area contributed by atoms with Crippen LogP contribution in [0.3, 0.4) is 0 Å². The van der Waals surface area contributed by atoms with Gasteiger partial charge in [-0.25, -0.2) is 4.39 Å². The monoisotopic (exact) mass is 329 g/mol. The van der Waals surface area contributed by atoms with Crippen LogP contribution in [0.15, 0.2) is 18.2 Å². The fourth-order valence-corrected chi connectivity index (χ4v) is 2.93. The van der Waals surface area contributed by atoms with E-state index in [-0.39, 0.29) is 18.0 Å². The minimum Gasteiger partial charge on any atom is -0.598 e. The first kappa shape index (κ1) is 17.5. The Morgan fingerprint density at radius 2 is 2.18 bits per heavy atom. The predicted octanol–water partition coefficient (Wildman–Crippen LogP) is 3.11. The molecule has 22 heavy (non-hydrogen) atoms. The van der Waals surface area contributed by atoms with Crippen molar-refractivity contribution in [3.05, 3.63) is 29.6 Å². The number of hydrogen-bond donors (Lipinski definition) is 1. The van der Waals surface area contributed by atoms with Crippen LogP contribution in [0.25, 0.3) is 0 Å². The van der Waals surface area contributed by atoms with Gasteiger partial charge in [-0.2, -0.15) is 0 Å². The molecule has 1 heterocycles. The highest BCUT2D eigenvalue weighted by Crippen LogP contribution is 2.26. The number of benzene rings is 1. The summed E-state index contributed by atoms with van der Waals surface area (Å²) < 4.78 is 39.8. The van der Waals surface area contributed by atoms with E-state index in [9.17, 15) is 8.94 Å². The van der Waals surface area contributed by atoms with Crippen LogP contribution in [0.5, 0.6) is 5.75 Å². The Morgan fingerprint density at radius 3 is 2.77 bits per heavy atom. The van der Waals surface area contributed by atoms with Crippen molar-refractivity contribution >= 4 is 11.4 Å². The first-order valence-corrected chi connectivity index (χ1v) is 8.64. The molecule has 0 bridgehead atoms. The molecule has 6 heteroatoms. The third-order valence-electron chi connectivity index (χ3n) is 3.46. The van der Waals surface area contributed by atoms with Crippen LogP contribution >= 0.6 is 0 Å². The van der Waals surface area contributed by atoms with E-state index in [1.165, 1.54) is 6.07 Å². The molecule has 1 aromatic carbocycles. The molecule has 1 N–H and O–H groups in total. The molecule has 0 aliphatic carbocycles. The van der Waals surface area contributed by atoms with E-state index in [2.05, 4.69) is 4.72 Å². The summed E-state index contributed by atoms with van der Waals surface area (Å²) in [6, 6.07) is 4.30. The van der Waals surface area contributed by atoms with Crippen LogP contribution in [0.1, 0.15) is 45.7 Å². The number of ether oxygens (including phenoxy) is 2. The predicted molar refractivity (Wildman–Crippen MR) is 85.7 cm³/mol. The first-order valence-electron chi connectivity index (χ1n) is 7.49. The largest absolute Gasteiger partial charge is 0.598 e. The molecule has 0 spiro atoms. The smallest absolute Gasteiger partial charge is 0.136 e. The highest BCUT2D eigenvalue weighted by atomic mass is 32.2. The van der Waals surface area contributed by atoms with E-state index in [4.69, 9.17) is 9.47 Å². The van der Waals surface area contributed by atoms with Crippen LogP contribution in [0, 0.1) is 5.82 Å². The van der Waals surface area contributed by atoms with E-state index in [0.717, 1.165) is 6.42 Å². The Hall–Kier alpha value is -0.820. The van der Waals surface area contributed by atoms with Gasteiger partial charge in [0.1, 0.15) is 22.4 Å². The van der Waals surface area contributed by atoms with Crippen molar-refractivity contribution in [1.29, 1.82) is 0 Å². The van der Waals surface area contributed by atoms with Crippen molar-refractivity contribution in [2.45, 2.75) is 51.0 Å². The maximum absolute atomic E-state index is 14.1. The molecule has 1 aliphatic heterocycles. The van der Waals surface area contributed by atoms with E-state index in [0.29, 0.717) is 24.5 Å².